The Balaban J connectivity index is 2.21. The summed E-state index contributed by atoms with van der Waals surface area (Å²) < 4.78 is 27.3. The van der Waals surface area contributed by atoms with E-state index in [1.165, 1.54) is 31.2 Å². The van der Waals surface area contributed by atoms with Gasteiger partial charge >= 0.3 is 6.03 Å². The molecule has 160 valence electrons. The summed E-state index contributed by atoms with van der Waals surface area (Å²) in [5, 5.41) is 13.9. The van der Waals surface area contributed by atoms with Crippen LogP contribution in [-0.4, -0.2) is 31.3 Å². The molecule has 0 fully saturated rings. The fourth-order valence-corrected chi connectivity index (χ4v) is 3.39. The summed E-state index contributed by atoms with van der Waals surface area (Å²) in [6.45, 7) is 1.34. The quantitative estimate of drug-likeness (QED) is 0.294. The van der Waals surface area contributed by atoms with Crippen molar-refractivity contribution < 1.29 is 22.9 Å². The van der Waals surface area contributed by atoms with E-state index in [4.69, 9.17) is 17.3 Å². The fraction of sp³-hybridized carbons (Fsp3) is 0.125. The van der Waals surface area contributed by atoms with E-state index in [2.05, 4.69) is 20.9 Å². The smallest absolute Gasteiger partial charge is 0.312 e. The molecule has 0 bridgehead atoms. The molecule has 0 aliphatic rings. The number of nitro groups is 1. The molecule has 0 aliphatic heterocycles. The van der Waals surface area contributed by atoms with Crippen molar-refractivity contribution in [3.8, 4) is 0 Å². The number of halogens is 1. The SMILES string of the molecule is C[C@H](NC(N)=O)C(=O)NNc1ccc(S(=O)(=O)Nc2ccc(Cl)cc2)cc1[N+](=O)[O-]. The Morgan fingerprint density at radius 2 is 1.80 bits per heavy atom. The number of nitro benzene ring substituents is 1. The Bertz CT molecular complexity index is 1080. The molecule has 14 heteroatoms. The number of hydrazine groups is 1. The zero-order valence-corrected chi connectivity index (χ0v) is 17.0. The van der Waals surface area contributed by atoms with E-state index in [1.807, 2.05) is 0 Å². The summed E-state index contributed by atoms with van der Waals surface area (Å²) in [5.41, 5.74) is 8.83. The minimum Gasteiger partial charge on any atom is -0.352 e. The average molecular weight is 457 g/mol. The lowest BCUT2D eigenvalue weighted by molar-refractivity contribution is -0.384. The molecular weight excluding hydrogens is 440 g/mol. The minimum absolute atomic E-state index is 0.176. The molecule has 2 aromatic rings. The highest BCUT2D eigenvalue weighted by Crippen LogP contribution is 2.28. The first kappa shape index (κ1) is 22.7. The van der Waals surface area contributed by atoms with Crippen molar-refractivity contribution in [3.05, 3.63) is 57.6 Å². The first-order valence-corrected chi connectivity index (χ1v) is 10.0. The average Bonchev–Trinajstić information content (AvgIpc) is 2.66. The molecular formula is C16H17ClN6O6S. The van der Waals surface area contributed by atoms with E-state index >= 15 is 0 Å². The normalized spacial score (nSPS) is 11.8. The van der Waals surface area contributed by atoms with Crippen molar-refractivity contribution in [2.24, 2.45) is 5.73 Å². The van der Waals surface area contributed by atoms with Crippen molar-refractivity contribution in [3.63, 3.8) is 0 Å². The maximum absolute atomic E-state index is 12.5. The van der Waals surface area contributed by atoms with Crippen molar-refractivity contribution in [2.45, 2.75) is 17.9 Å². The van der Waals surface area contributed by atoms with Gasteiger partial charge in [0.2, 0.25) is 0 Å². The predicted octanol–water partition coefficient (Wildman–Crippen LogP) is 1.55. The molecule has 0 unspecified atom stereocenters. The molecule has 12 nitrogen and oxygen atoms in total. The van der Waals surface area contributed by atoms with Crippen molar-refractivity contribution in [2.75, 3.05) is 10.1 Å². The molecule has 0 aromatic heterocycles. The van der Waals surface area contributed by atoms with E-state index < -0.39 is 38.6 Å². The van der Waals surface area contributed by atoms with E-state index in [-0.39, 0.29) is 16.3 Å². The third kappa shape index (κ3) is 5.96. The molecule has 6 N–H and O–H groups in total. The molecule has 0 saturated carbocycles. The van der Waals surface area contributed by atoms with Gasteiger partial charge in [-0.3, -0.25) is 30.5 Å². The van der Waals surface area contributed by atoms with Crippen molar-refractivity contribution in [1.82, 2.24) is 10.7 Å². The maximum Gasteiger partial charge on any atom is 0.312 e. The number of nitrogens with two attached hydrogens (primary N) is 1. The number of carbonyl (C=O) groups is 2. The zero-order chi connectivity index (χ0) is 22.5. The standard InChI is InChI=1S/C16H17ClN6O6S/c1-9(19-16(18)25)15(24)21-20-13-7-6-12(8-14(13)23(26)27)30(28,29)22-11-4-2-10(17)3-5-11/h2-9,20,22H,1H3,(H,21,24)(H3,18,19,25)/t9-/m0/s1. The van der Waals surface area contributed by atoms with Gasteiger partial charge in [-0.2, -0.15) is 0 Å². The van der Waals surface area contributed by atoms with Gasteiger partial charge in [-0.15, -0.1) is 0 Å². The van der Waals surface area contributed by atoms with E-state index in [0.29, 0.717) is 5.02 Å². The van der Waals surface area contributed by atoms with Gasteiger partial charge in [-0.25, -0.2) is 13.2 Å². The van der Waals surface area contributed by atoms with Crippen LogP contribution in [0.5, 0.6) is 0 Å². The number of nitrogens with zero attached hydrogens (tertiary/aromatic N) is 1. The van der Waals surface area contributed by atoms with Gasteiger partial charge in [-0.05, 0) is 43.3 Å². The third-order valence-corrected chi connectivity index (χ3v) is 5.28. The van der Waals surface area contributed by atoms with E-state index in [0.717, 1.165) is 18.2 Å². The Morgan fingerprint density at radius 1 is 1.17 bits per heavy atom. The number of hydrogen-bond donors (Lipinski definition) is 5. The van der Waals surface area contributed by atoms with Crippen LogP contribution in [0.2, 0.25) is 5.02 Å². The number of carbonyl (C=O) groups excluding carboxylic acids is 2. The first-order chi connectivity index (χ1) is 14.0. The second-order valence-electron chi connectivity index (χ2n) is 5.89. The lowest BCUT2D eigenvalue weighted by Gasteiger charge is -2.14. The highest BCUT2D eigenvalue weighted by Gasteiger charge is 2.22. The number of benzene rings is 2. The predicted molar refractivity (Wildman–Crippen MR) is 109 cm³/mol. The van der Waals surface area contributed by atoms with Crippen molar-refractivity contribution >= 4 is 50.6 Å². The third-order valence-electron chi connectivity index (χ3n) is 3.65. The van der Waals surface area contributed by atoms with Gasteiger partial charge in [0.1, 0.15) is 11.7 Å². The second kappa shape index (κ2) is 9.28. The summed E-state index contributed by atoms with van der Waals surface area (Å²) in [4.78, 5) is 32.8. The molecule has 2 aromatic carbocycles. The second-order valence-corrected chi connectivity index (χ2v) is 8.01. The highest BCUT2D eigenvalue weighted by molar-refractivity contribution is 7.92. The molecule has 2 rings (SSSR count). The molecule has 1 atom stereocenters. The van der Waals surface area contributed by atoms with Crippen LogP contribution in [0.25, 0.3) is 0 Å². The Hall–Kier alpha value is -3.58. The number of rotatable bonds is 8. The van der Waals surface area contributed by atoms with E-state index in [9.17, 15) is 28.1 Å². The number of urea groups is 1. The van der Waals surface area contributed by atoms with Crippen LogP contribution in [0, 0.1) is 10.1 Å². The molecule has 0 spiro atoms. The molecule has 0 radical (unpaired) electrons. The molecule has 0 saturated heterocycles. The lowest BCUT2D eigenvalue weighted by Crippen LogP contribution is -2.48. The van der Waals surface area contributed by atoms with Crippen LogP contribution in [0.3, 0.4) is 0 Å². The number of sulfonamides is 1. The van der Waals surface area contributed by atoms with Crippen molar-refractivity contribution in [1.29, 1.82) is 0 Å². The van der Waals surface area contributed by atoms with Gasteiger partial charge in [0, 0.05) is 16.8 Å². The van der Waals surface area contributed by atoms with E-state index in [1.54, 1.807) is 0 Å². The number of primary amides is 1. The summed E-state index contributed by atoms with van der Waals surface area (Å²) in [6.07, 6.45) is 0. The molecule has 0 aliphatic carbocycles. The van der Waals surface area contributed by atoms with Crippen LogP contribution in [0.1, 0.15) is 6.92 Å². The summed E-state index contributed by atoms with van der Waals surface area (Å²) in [7, 11) is -4.13. The highest BCUT2D eigenvalue weighted by atomic mass is 35.5. The number of hydrogen-bond acceptors (Lipinski definition) is 7. The lowest BCUT2D eigenvalue weighted by atomic mass is 10.3. The topological polar surface area (TPSA) is 186 Å². The zero-order valence-electron chi connectivity index (χ0n) is 15.4. The van der Waals surface area contributed by atoms with Gasteiger partial charge in [-0.1, -0.05) is 11.6 Å². The Kier molecular flexibility index (Phi) is 7.02. The number of anilines is 2. The Labute approximate surface area is 175 Å². The monoisotopic (exact) mass is 456 g/mol. The van der Waals surface area contributed by atoms with Crippen LogP contribution < -0.4 is 26.6 Å². The van der Waals surface area contributed by atoms with Crippen LogP contribution in [0.15, 0.2) is 47.4 Å². The molecule has 30 heavy (non-hydrogen) atoms. The molecule has 0 heterocycles. The van der Waals surface area contributed by atoms with Crippen LogP contribution >= 0.6 is 11.6 Å². The van der Waals surface area contributed by atoms with Gasteiger partial charge < -0.3 is 11.1 Å². The Morgan fingerprint density at radius 3 is 2.37 bits per heavy atom. The van der Waals surface area contributed by atoms with Crippen LogP contribution in [-0.2, 0) is 14.8 Å². The summed E-state index contributed by atoms with van der Waals surface area (Å²) >= 11 is 5.75. The largest absolute Gasteiger partial charge is 0.352 e. The van der Waals surface area contributed by atoms with Gasteiger partial charge in [0.25, 0.3) is 21.6 Å². The van der Waals surface area contributed by atoms with Gasteiger partial charge in [0.05, 0.1) is 9.82 Å². The van der Waals surface area contributed by atoms with Crippen LogP contribution in [0.4, 0.5) is 21.9 Å². The van der Waals surface area contributed by atoms with Gasteiger partial charge in [0.15, 0.2) is 0 Å². The minimum atomic E-state index is -4.13. The summed E-state index contributed by atoms with van der Waals surface area (Å²) in [6, 6.07) is 6.94. The number of amides is 3. The number of nitrogens with one attached hydrogen (secondary N) is 4. The fourth-order valence-electron chi connectivity index (χ4n) is 2.18. The molecule has 3 amide bonds. The maximum atomic E-state index is 12.5. The first-order valence-electron chi connectivity index (χ1n) is 8.18. The summed E-state index contributed by atoms with van der Waals surface area (Å²) in [5.74, 6) is -0.732.